The summed E-state index contributed by atoms with van der Waals surface area (Å²) in [5.41, 5.74) is 5.14. The lowest BCUT2D eigenvalue weighted by molar-refractivity contribution is -0.130. The molecular weight excluding hydrogens is 256 g/mol. The second kappa shape index (κ2) is 5.14. The van der Waals surface area contributed by atoms with Gasteiger partial charge in [0, 0.05) is 19.3 Å². The van der Waals surface area contributed by atoms with Crippen LogP contribution in [0.5, 0.6) is 0 Å². The summed E-state index contributed by atoms with van der Waals surface area (Å²) < 4.78 is 28.2. The summed E-state index contributed by atoms with van der Waals surface area (Å²) in [6, 6.07) is -0.292. The van der Waals surface area contributed by atoms with Crippen molar-refractivity contribution < 1.29 is 17.9 Å². The zero-order chi connectivity index (χ0) is 13.2. The summed E-state index contributed by atoms with van der Waals surface area (Å²) in [7, 11) is -3.01. The molecule has 0 aromatic heterocycles. The van der Waals surface area contributed by atoms with E-state index in [4.69, 9.17) is 10.5 Å². The first kappa shape index (κ1) is 13.8. The molecule has 1 amide bonds. The molecule has 0 spiro atoms. The van der Waals surface area contributed by atoms with Crippen LogP contribution in [-0.2, 0) is 19.4 Å². The monoisotopic (exact) mass is 276 g/mol. The Morgan fingerprint density at radius 1 is 1.33 bits per heavy atom. The van der Waals surface area contributed by atoms with Gasteiger partial charge in [0.2, 0.25) is 5.91 Å². The number of ether oxygens (including phenoxy) is 1. The summed E-state index contributed by atoms with van der Waals surface area (Å²) >= 11 is 0. The van der Waals surface area contributed by atoms with Crippen molar-refractivity contribution in [1.82, 2.24) is 5.32 Å². The largest absolute Gasteiger partial charge is 0.381 e. The van der Waals surface area contributed by atoms with Crippen molar-refractivity contribution in [2.75, 3.05) is 24.7 Å². The third-order valence-corrected chi connectivity index (χ3v) is 5.46. The molecular formula is C11H20N2O4S. The highest BCUT2D eigenvalue weighted by atomic mass is 32.2. The van der Waals surface area contributed by atoms with Gasteiger partial charge in [-0.1, -0.05) is 0 Å². The van der Waals surface area contributed by atoms with E-state index in [1.54, 1.807) is 0 Å². The van der Waals surface area contributed by atoms with Crippen molar-refractivity contribution in [2.24, 2.45) is 5.73 Å². The molecule has 1 unspecified atom stereocenters. The van der Waals surface area contributed by atoms with Gasteiger partial charge in [0.1, 0.15) is 0 Å². The van der Waals surface area contributed by atoms with Crippen LogP contribution >= 0.6 is 0 Å². The lowest BCUT2D eigenvalue weighted by atomic mass is 9.90. The van der Waals surface area contributed by atoms with Gasteiger partial charge in [0.15, 0.2) is 9.84 Å². The molecule has 6 nitrogen and oxygen atoms in total. The van der Waals surface area contributed by atoms with Gasteiger partial charge in [-0.2, -0.15) is 0 Å². The lowest BCUT2D eigenvalue weighted by Crippen LogP contribution is -2.59. The van der Waals surface area contributed by atoms with Crippen LogP contribution in [0.2, 0.25) is 0 Å². The van der Waals surface area contributed by atoms with Crippen LogP contribution in [-0.4, -0.2) is 50.6 Å². The average Bonchev–Trinajstić information content (AvgIpc) is 2.28. The number of hydrogen-bond acceptors (Lipinski definition) is 5. The molecule has 2 fully saturated rings. The standard InChI is InChI=1S/C11H20N2O4S/c12-11(3-5-17-6-4-11)10(14)13-9-2-1-7-18(15,16)8-9/h9H,1-8,12H2,(H,13,14). The van der Waals surface area contributed by atoms with Gasteiger partial charge < -0.3 is 15.8 Å². The van der Waals surface area contributed by atoms with Crippen molar-refractivity contribution in [1.29, 1.82) is 0 Å². The molecule has 2 rings (SSSR count). The molecule has 7 heteroatoms. The summed E-state index contributed by atoms with van der Waals surface area (Å²) in [6.45, 7) is 0.958. The quantitative estimate of drug-likeness (QED) is 0.687. The summed E-state index contributed by atoms with van der Waals surface area (Å²) in [6.07, 6.45) is 2.28. The van der Waals surface area contributed by atoms with Crippen molar-refractivity contribution in [3.63, 3.8) is 0 Å². The van der Waals surface area contributed by atoms with Crippen molar-refractivity contribution in [2.45, 2.75) is 37.3 Å². The van der Waals surface area contributed by atoms with E-state index in [2.05, 4.69) is 5.32 Å². The summed E-state index contributed by atoms with van der Waals surface area (Å²) in [4.78, 5) is 12.1. The molecule has 1 atom stereocenters. The molecule has 0 bridgehead atoms. The van der Waals surface area contributed by atoms with E-state index in [0.717, 1.165) is 0 Å². The van der Waals surface area contributed by atoms with E-state index in [-0.39, 0.29) is 23.5 Å². The lowest BCUT2D eigenvalue weighted by Gasteiger charge is -2.34. The minimum Gasteiger partial charge on any atom is -0.381 e. The predicted octanol–water partition coefficient (Wildman–Crippen LogP) is -0.812. The van der Waals surface area contributed by atoms with Crippen LogP contribution < -0.4 is 11.1 Å². The van der Waals surface area contributed by atoms with E-state index in [1.165, 1.54) is 0 Å². The van der Waals surface area contributed by atoms with E-state index < -0.39 is 15.4 Å². The zero-order valence-electron chi connectivity index (χ0n) is 10.4. The normalized spacial score (nSPS) is 30.6. The fourth-order valence-electron chi connectivity index (χ4n) is 2.43. The number of amides is 1. The number of hydrogen-bond donors (Lipinski definition) is 2. The van der Waals surface area contributed by atoms with E-state index >= 15 is 0 Å². The Kier molecular flexibility index (Phi) is 3.93. The third-order valence-electron chi connectivity index (χ3n) is 3.64. The van der Waals surface area contributed by atoms with Crippen LogP contribution in [0.1, 0.15) is 25.7 Å². The minimum atomic E-state index is -3.01. The summed E-state index contributed by atoms with van der Waals surface area (Å²) in [5.74, 6) is 0.0136. The van der Waals surface area contributed by atoms with Crippen molar-refractivity contribution in [3.05, 3.63) is 0 Å². The zero-order valence-corrected chi connectivity index (χ0v) is 11.2. The van der Waals surface area contributed by atoms with Gasteiger partial charge in [-0.25, -0.2) is 8.42 Å². The molecule has 2 aliphatic heterocycles. The number of nitrogens with two attached hydrogens (primary N) is 1. The van der Waals surface area contributed by atoms with Gasteiger partial charge in [0.25, 0.3) is 0 Å². The maximum atomic E-state index is 12.1. The Bertz CT molecular complexity index is 415. The maximum absolute atomic E-state index is 12.1. The predicted molar refractivity (Wildman–Crippen MR) is 66.8 cm³/mol. The fraction of sp³-hybridized carbons (Fsp3) is 0.909. The Balaban J connectivity index is 1.94. The van der Waals surface area contributed by atoms with Crippen LogP contribution in [0.3, 0.4) is 0 Å². The molecule has 2 heterocycles. The van der Waals surface area contributed by atoms with Gasteiger partial charge >= 0.3 is 0 Å². The molecule has 2 saturated heterocycles. The van der Waals surface area contributed by atoms with Gasteiger partial charge in [0.05, 0.1) is 17.0 Å². The van der Waals surface area contributed by atoms with Crippen LogP contribution in [0.4, 0.5) is 0 Å². The van der Waals surface area contributed by atoms with E-state index in [0.29, 0.717) is 38.9 Å². The topological polar surface area (TPSA) is 98.5 Å². The Morgan fingerprint density at radius 2 is 2.00 bits per heavy atom. The number of carbonyl (C=O) groups is 1. The number of sulfone groups is 1. The van der Waals surface area contributed by atoms with E-state index in [1.807, 2.05) is 0 Å². The van der Waals surface area contributed by atoms with Crippen LogP contribution in [0.15, 0.2) is 0 Å². The second-order valence-electron chi connectivity index (χ2n) is 5.20. The first-order chi connectivity index (χ1) is 8.41. The fourth-order valence-corrected chi connectivity index (χ4v) is 4.06. The Morgan fingerprint density at radius 3 is 2.61 bits per heavy atom. The SMILES string of the molecule is NC1(C(=O)NC2CCCS(=O)(=O)C2)CCOCC1. The third kappa shape index (κ3) is 3.21. The first-order valence-electron chi connectivity index (χ1n) is 6.29. The van der Waals surface area contributed by atoms with Gasteiger partial charge in [-0.15, -0.1) is 0 Å². The van der Waals surface area contributed by atoms with Gasteiger partial charge in [-0.3, -0.25) is 4.79 Å². The highest BCUT2D eigenvalue weighted by molar-refractivity contribution is 7.91. The summed E-state index contributed by atoms with van der Waals surface area (Å²) in [5, 5.41) is 2.79. The average molecular weight is 276 g/mol. The molecule has 2 aliphatic rings. The van der Waals surface area contributed by atoms with Crippen LogP contribution in [0.25, 0.3) is 0 Å². The second-order valence-corrected chi connectivity index (χ2v) is 7.42. The smallest absolute Gasteiger partial charge is 0.240 e. The molecule has 3 N–H and O–H groups in total. The minimum absolute atomic E-state index is 0.0331. The number of carbonyl (C=O) groups excluding carboxylic acids is 1. The van der Waals surface area contributed by atoms with Crippen LogP contribution in [0, 0.1) is 0 Å². The first-order valence-corrected chi connectivity index (χ1v) is 8.11. The Hall–Kier alpha value is -0.660. The van der Waals surface area contributed by atoms with Gasteiger partial charge in [-0.05, 0) is 25.7 Å². The van der Waals surface area contributed by atoms with Crippen molar-refractivity contribution >= 4 is 15.7 Å². The highest BCUT2D eigenvalue weighted by Gasteiger charge is 2.37. The molecule has 104 valence electrons. The Labute approximate surface area is 107 Å². The molecule has 0 saturated carbocycles. The molecule has 0 aliphatic carbocycles. The highest BCUT2D eigenvalue weighted by Crippen LogP contribution is 2.19. The van der Waals surface area contributed by atoms with Crippen molar-refractivity contribution in [3.8, 4) is 0 Å². The molecule has 18 heavy (non-hydrogen) atoms. The van der Waals surface area contributed by atoms with E-state index in [9.17, 15) is 13.2 Å². The maximum Gasteiger partial charge on any atom is 0.240 e. The molecule has 0 aromatic carbocycles. The number of nitrogens with one attached hydrogen (secondary N) is 1. The molecule has 0 radical (unpaired) electrons. The molecule has 0 aromatic rings. The number of rotatable bonds is 2.